The van der Waals surface area contributed by atoms with E-state index < -0.39 is 24.1 Å². The second kappa shape index (κ2) is 9.54. The summed E-state index contributed by atoms with van der Waals surface area (Å²) >= 11 is 0. The lowest BCUT2D eigenvalue weighted by atomic mass is 9.93. The number of benzene rings is 2. The Balaban J connectivity index is 2.46. The zero-order valence-corrected chi connectivity index (χ0v) is 17.6. The minimum atomic E-state index is -0.715. The summed E-state index contributed by atoms with van der Waals surface area (Å²) in [6.07, 6.45) is -1.43. The molecule has 0 heterocycles. The standard InChI is InChI=1S/C24H30O4/c1-15(2)19-7-11-21(12-8-19)23(27-17(5)25)24(28-18(6)26)22-13-9-20(10-14-22)16(3)4/h7-16,23-24H,1-6H3. The number of ether oxygens (including phenoxy) is 2. The molecule has 2 atom stereocenters. The molecule has 150 valence electrons. The molecule has 0 aliphatic heterocycles. The predicted octanol–water partition coefficient (Wildman–Crippen LogP) is 5.84. The minimum Gasteiger partial charge on any atom is -0.453 e. The van der Waals surface area contributed by atoms with Crippen LogP contribution in [0.15, 0.2) is 48.5 Å². The third-order valence-electron chi connectivity index (χ3n) is 4.72. The Labute approximate surface area is 167 Å². The van der Waals surface area contributed by atoms with Gasteiger partial charge in [0.15, 0.2) is 12.2 Å². The summed E-state index contributed by atoms with van der Waals surface area (Å²) in [5.74, 6) is -0.0501. The Morgan fingerprint density at radius 3 is 1.04 bits per heavy atom. The van der Waals surface area contributed by atoms with E-state index in [-0.39, 0.29) is 0 Å². The topological polar surface area (TPSA) is 52.6 Å². The molecule has 2 unspecified atom stereocenters. The number of hydrogen-bond acceptors (Lipinski definition) is 4. The van der Waals surface area contributed by atoms with Gasteiger partial charge in [0.1, 0.15) is 0 Å². The lowest BCUT2D eigenvalue weighted by Gasteiger charge is -2.27. The highest BCUT2D eigenvalue weighted by Crippen LogP contribution is 2.36. The van der Waals surface area contributed by atoms with Crippen molar-refractivity contribution >= 4 is 11.9 Å². The zero-order valence-electron chi connectivity index (χ0n) is 17.6. The maximum absolute atomic E-state index is 11.8. The van der Waals surface area contributed by atoms with Gasteiger partial charge in [-0.2, -0.15) is 0 Å². The van der Waals surface area contributed by atoms with Crippen LogP contribution in [0.25, 0.3) is 0 Å². The molecular formula is C24H30O4. The Morgan fingerprint density at radius 1 is 0.571 bits per heavy atom. The van der Waals surface area contributed by atoms with E-state index in [1.807, 2.05) is 48.5 Å². The molecule has 4 heteroatoms. The Kier molecular flexibility index (Phi) is 7.38. The molecule has 0 saturated heterocycles. The molecule has 0 fully saturated rings. The van der Waals surface area contributed by atoms with E-state index in [4.69, 9.17) is 9.47 Å². The highest BCUT2D eigenvalue weighted by molar-refractivity contribution is 5.68. The van der Waals surface area contributed by atoms with Crippen LogP contribution in [0, 0.1) is 0 Å². The smallest absolute Gasteiger partial charge is 0.303 e. The first kappa shape index (κ1) is 21.7. The first-order valence-electron chi connectivity index (χ1n) is 9.73. The van der Waals surface area contributed by atoms with E-state index in [9.17, 15) is 9.59 Å². The maximum Gasteiger partial charge on any atom is 0.303 e. The van der Waals surface area contributed by atoms with Crippen molar-refractivity contribution in [2.24, 2.45) is 0 Å². The lowest BCUT2D eigenvalue weighted by Crippen LogP contribution is -2.21. The molecular weight excluding hydrogens is 352 g/mol. The second-order valence-corrected chi connectivity index (χ2v) is 7.70. The van der Waals surface area contributed by atoms with E-state index in [1.165, 1.54) is 25.0 Å². The molecule has 2 aromatic carbocycles. The van der Waals surface area contributed by atoms with E-state index in [0.717, 1.165) is 11.1 Å². The average molecular weight is 383 g/mol. The molecule has 0 amide bonds. The molecule has 0 spiro atoms. The van der Waals surface area contributed by atoms with Gasteiger partial charge < -0.3 is 9.47 Å². The normalized spacial score (nSPS) is 13.3. The fraction of sp³-hybridized carbons (Fsp3) is 0.417. The molecule has 2 rings (SSSR count). The van der Waals surface area contributed by atoms with Crippen LogP contribution >= 0.6 is 0 Å². The van der Waals surface area contributed by atoms with Crippen LogP contribution in [0.3, 0.4) is 0 Å². The molecule has 0 radical (unpaired) electrons. The summed E-state index contributed by atoms with van der Waals surface area (Å²) in [6, 6.07) is 15.8. The quantitative estimate of drug-likeness (QED) is 0.564. The molecule has 0 N–H and O–H groups in total. The van der Waals surface area contributed by atoms with Gasteiger partial charge in [-0.25, -0.2) is 0 Å². The average Bonchev–Trinajstić information content (AvgIpc) is 2.64. The second-order valence-electron chi connectivity index (χ2n) is 7.70. The van der Waals surface area contributed by atoms with Gasteiger partial charge in [0.05, 0.1) is 0 Å². The van der Waals surface area contributed by atoms with Crippen molar-refractivity contribution in [3.05, 3.63) is 70.8 Å². The first-order chi connectivity index (χ1) is 13.2. The van der Waals surface area contributed by atoms with E-state index >= 15 is 0 Å². The van der Waals surface area contributed by atoms with Gasteiger partial charge in [-0.1, -0.05) is 76.2 Å². The van der Waals surface area contributed by atoms with E-state index in [1.54, 1.807) is 0 Å². The van der Waals surface area contributed by atoms with Crippen molar-refractivity contribution in [3.63, 3.8) is 0 Å². The third kappa shape index (κ3) is 5.69. The van der Waals surface area contributed by atoms with Crippen LogP contribution in [-0.4, -0.2) is 11.9 Å². The highest BCUT2D eigenvalue weighted by Gasteiger charge is 2.30. The summed E-state index contributed by atoms with van der Waals surface area (Å²) in [4.78, 5) is 23.6. The van der Waals surface area contributed by atoms with Crippen LogP contribution in [-0.2, 0) is 19.1 Å². The summed E-state index contributed by atoms with van der Waals surface area (Å²) in [5, 5.41) is 0. The fourth-order valence-electron chi connectivity index (χ4n) is 3.11. The van der Waals surface area contributed by atoms with Crippen molar-refractivity contribution in [2.45, 2.75) is 65.6 Å². The van der Waals surface area contributed by atoms with Gasteiger partial charge in [-0.3, -0.25) is 9.59 Å². The molecule has 4 nitrogen and oxygen atoms in total. The Morgan fingerprint density at radius 2 is 0.821 bits per heavy atom. The number of rotatable bonds is 7. The van der Waals surface area contributed by atoms with Crippen LogP contribution in [0.4, 0.5) is 0 Å². The number of hydrogen-bond donors (Lipinski definition) is 0. The molecule has 0 aromatic heterocycles. The summed E-state index contributed by atoms with van der Waals surface area (Å²) in [7, 11) is 0. The number of carbonyl (C=O) groups is 2. The van der Waals surface area contributed by atoms with Crippen LogP contribution in [0.2, 0.25) is 0 Å². The highest BCUT2D eigenvalue weighted by atomic mass is 16.6. The fourth-order valence-corrected chi connectivity index (χ4v) is 3.11. The molecule has 28 heavy (non-hydrogen) atoms. The van der Waals surface area contributed by atoms with Crippen molar-refractivity contribution < 1.29 is 19.1 Å². The zero-order chi connectivity index (χ0) is 20.8. The van der Waals surface area contributed by atoms with Crippen molar-refractivity contribution in [1.29, 1.82) is 0 Å². The Hall–Kier alpha value is -2.62. The van der Waals surface area contributed by atoms with Gasteiger partial charge in [0.2, 0.25) is 0 Å². The monoisotopic (exact) mass is 382 g/mol. The lowest BCUT2D eigenvalue weighted by molar-refractivity contribution is -0.166. The van der Waals surface area contributed by atoms with Crippen molar-refractivity contribution in [2.75, 3.05) is 0 Å². The summed E-state index contributed by atoms with van der Waals surface area (Å²) in [6.45, 7) is 11.2. The van der Waals surface area contributed by atoms with Gasteiger partial charge in [0.25, 0.3) is 0 Å². The minimum absolute atomic E-state index is 0.397. The maximum atomic E-state index is 11.8. The molecule has 0 bridgehead atoms. The van der Waals surface area contributed by atoms with Gasteiger partial charge in [0, 0.05) is 13.8 Å². The largest absolute Gasteiger partial charge is 0.453 e. The molecule has 0 aliphatic carbocycles. The van der Waals surface area contributed by atoms with Gasteiger partial charge in [-0.15, -0.1) is 0 Å². The van der Waals surface area contributed by atoms with E-state index in [0.29, 0.717) is 11.8 Å². The molecule has 0 aliphatic rings. The van der Waals surface area contributed by atoms with Crippen LogP contribution < -0.4 is 0 Å². The van der Waals surface area contributed by atoms with Gasteiger partial charge >= 0.3 is 11.9 Å². The first-order valence-corrected chi connectivity index (χ1v) is 9.73. The summed E-state index contributed by atoms with van der Waals surface area (Å²) < 4.78 is 11.2. The number of carbonyl (C=O) groups excluding carboxylic acids is 2. The molecule has 0 saturated carbocycles. The van der Waals surface area contributed by atoms with Crippen molar-refractivity contribution in [3.8, 4) is 0 Å². The van der Waals surface area contributed by atoms with E-state index in [2.05, 4.69) is 27.7 Å². The SMILES string of the molecule is CC(=O)OC(c1ccc(C(C)C)cc1)C(OC(C)=O)c1ccc(C(C)C)cc1. The summed E-state index contributed by atoms with van der Waals surface area (Å²) in [5.41, 5.74) is 3.96. The molecule has 2 aromatic rings. The van der Waals surface area contributed by atoms with Crippen molar-refractivity contribution in [1.82, 2.24) is 0 Å². The van der Waals surface area contributed by atoms with Crippen LogP contribution in [0.5, 0.6) is 0 Å². The van der Waals surface area contributed by atoms with Gasteiger partial charge in [-0.05, 0) is 34.1 Å². The Bertz CT molecular complexity index is 719. The third-order valence-corrected chi connectivity index (χ3v) is 4.72. The number of esters is 2. The van der Waals surface area contributed by atoms with Crippen LogP contribution in [0.1, 0.15) is 87.8 Å². The predicted molar refractivity (Wildman–Crippen MR) is 110 cm³/mol.